The number of rotatable bonds is 7. The third kappa shape index (κ3) is 3.49. The van der Waals surface area contributed by atoms with Gasteiger partial charge in [0.05, 0.1) is 0 Å². The first-order chi connectivity index (χ1) is 9.74. The molecule has 0 atom stereocenters. The number of benzene rings is 1. The molecule has 0 saturated heterocycles. The van der Waals surface area contributed by atoms with Crippen LogP contribution in [-0.2, 0) is 6.54 Å². The average Bonchev–Trinajstić information content (AvgIpc) is 2.87. The van der Waals surface area contributed by atoms with Crippen LogP contribution < -0.4 is 0 Å². The predicted octanol–water partition coefficient (Wildman–Crippen LogP) is 3.96. The fourth-order valence-electron chi connectivity index (χ4n) is 2.37. The molecule has 0 aliphatic rings. The lowest BCUT2D eigenvalue weighted by molar-refractivity contribution is 0.322. The van der Waals surface area contributed by atoms with Crippen LogP contribution in [0.1, 0.15) is 11.3 Å². The standard InChI is InChI=1S/C18H22N2/c1-4-11-19(12-5-2)15-18-10-7-13-20(18)17-9-6-8-16(3)14-17/h4-10,13-14H,1-2,11-12,15H2,3H3. The van der Waals surface area contributed by atoms with Crippen molar-refractivity contribution in [1.82, 2.24) is 9.47 Å². The van der Waals surface area contributed by atoms with Crippen LogP contribution >= 0.6 is 0 Å². The second-order valence-electron chi connectivity index (χ2n) is 4.98. The average molecular weight is 266 g/mol. The van der Waals surface area contributed by atoms with Gasteiger partial charge in [0.1, 0.15) is 0 Å². The normalized spacial score (nSPS) is 10.7. The third-order valence-electron chi connectivity index (χ3n) is 3.27. The Morgan fingerprint density at radius 1 is 1.10 bits per heavy atom. The van der Waals surface area contributed by atoms with Gasteiger partial charge < -0.3 is 4.57 Å². The van der Waals surface area contributed by atoms with Gasteiger partial charge in [-0.25, -0.2) is 0 Å². The highest BCUT2D eigenvalue weighted by Gasteiger charge is 2.07. The smallest absolute Gasteiger partial charge is 0.0455 e. The highest BCUT2D eigenvalue weighted by Crippen LogP contribution is 2.16. The summed E-state index contributed by atoms with van der Waals surface area (Å²) in [6.07, 6.45) is 5.98. The molecule has 0 spiro atoms. The number of hydrogen-bond acceptors (Lipinski definition) is 1. The molecular formula is C18H22N2. The Kier molecular flexibility index (Phi) is 4.97. The van der Waals surface area contributed by atoms with Crippen LogP contribution in [0.2, 0.25) is 0 Å². The molecule has 0 unspecified atom stereocenters. The van der Waals surface area contributed by atoms with Crippen molar-refractivity contribution in [3.05, 3.63) is 79.2 Å². The lowest BCUT2D eigenvalue weighted by atomic mass is 10.2. The van der Waals surface area contributed by atoms with Gasteiger partial charge in [-0.1, -0.05) is 24.3 Å². The first-order valence-electron chi connectivity index (χ1n) is 6.92. The molecule has 2 nitrogen and oxygen atoms in total. The minimum atomic E-state index is 0.866. The first-order valence-corrected chi connectivity index (χ1v) is 6.92. The molecule has 104 valence electrons. The summed E-state index contributed by atoms with van der Waals surface area (Å²) >= 11 is 0. The van der Waals surface area contributed by atoms with Gasteiger partial charge in [0.25, 0.3) is 0 Å². The van der Waals surface area contributed by atoms with Gasteiger partial charge >= 0.3 is 0 Å². The van der Waals surface area contributed by atoms with E-state index in [0.29, 0.717) is 0 Å². The first kappa shape index (κ1) is 14.4. The van der Waals surface area contributed by atoms with Crippen molar-refractivity contribution in [1.29, 1.82) is 0 Å². The summed E-state index contributed by atoms with van der Waals surface area (Å²) in [5.41, 5.74) is 3.76. The Morgan fingerprint density at radius 3 is 2.50 bits per heavy atom. The monoisotopic (exact) mass is 266 g/mol. The van der Waals surface area contributed by atoms with Crippen LogP contribution in [0.3, 0.4) is 0 Å². The fraction of sp³-hybridized carbons (Fsp3) is 0.222. The van der Waals surface area contributed by atoms with E-state index >= 15 is 0 Å². The molecule has 0 saturated carbocycles. The van der Waals surface area contributed by atoms with Gasteiger partial charge in [-0.2, -0.15) is 0 Å². The molecule has 2 heteroatoms. The molecule has 0 aliphatic carbocycles. The number of aromatic nitrogens is 1. The quantitative estimate of drug-likeness (QED) is 0.689. The Morgan fingerprint density at radius 2 is 1.85 bits per heavy atom. The summed E-state index contributed by atoms with van der Waals surface area (Å²) < 4.78 is 2.24. The van der Waals surface area contributed by atoms with Crippen molar-refractivity contribution < 1.29 is 0 Å². The van der Waals surface area contributed by atoms with E-state index < -0.39 is 0 Å². The molecule has 0 fully saturated rings. The van der Waals surface area contributed by atoms with Gasteiger partial charge in [-0.3, -0.25) is 4.90 Å². The second kappa shape index (κ2) is 6.92. The maximum Gasteiger partial charge on any atom is 0.0455 e. The number of aryl methyl sites for hydroxylation is 1. The van der Waals surface area contributed by atoms with Gasteiger partial charge in [-0.15, -0.1) is 13.2 Å². The van der Waals surface area contributed by atoms with Gasteiger partial charge in [0.15, 0.2) is 0 Å². The molecular weight excluding hydrogens is 244 g/mol. The molecule has 20 heavy (non-hydrogen) atoms. The zero-order valence-corrected chi connectivity index (χ0v) is 12.1. The summed E-state index contributed by atoms with van der Waals surface area (Å²) in [4.78, 5) is 2.31. The molecule has 1 aromatic heterocycles. The molecule has 0 amide bonds. The largest absolute Gasteiger partial charge is 0.320 e. The highest BCUT2D eigenvalue weighted by atomic mass is 15.1. The van der Waals surface area contributed by atoms with Crippen molar-refractivity contribution in [3.8, 4) is 5.69 Å². The molecule has 0 bridgehead atoms. The Labute approximate surface area is 121 Å². The van der Waals surface area contributed by atoms with Crippen LogP contribution in [-0.4, -0.2) is 22.6 Å². The topological polar surface area (TPSA) is 8.17 Å². The second-order valence-corrected chi connectivity index (χ2v) is 4.98. The fourth-order valence-corrected chi connectivity index (χ4v) is 2.37. The van der Waals surface area contributed by atoms with Gasteiger partial charge in [0, 0.05) is 37.2 Å². The molecule has 0 N–H and O–H groups in total. The lowest BCUT2D eigenvalue weighted by Gasteiger charge is -2.20. The Bertz CT molecular complexity index is 571. The van der Waals surface area contributed by atoms with Gasteiger partial charge in [-0.05, 0) is 36.8 Å². The zero-order chi connectivity index (χ0) is 14.4. The van der Waals surface area contributed by atoms with E-state index in [2.05, 4.69) is 72.1 Å². The summed E-state index contributed by atoms with van der Waals surface area (Å²) in [5.74, 6) is 0. The van der Waals surface area contributed by atoms with Crippen LogP contribution in [0.4, 0.5) is 0 Å². The van der Waals surface area contributed by atoms with Crippen LogP contribution in [0.15, 0.2) is 67.9 Å². The zero-order valence-electron chi connectivity index (χ0n) is 12.1. The lowest BCUT2D eigenvalue weighted by Crippen LogP contribution is -2.24. The number of hydrogen-bond donors (Lipinski definition) is 0. The van der Waals surface area contributed by atoms with E-state index in [9.17, 15) is 0 Å². The maximum atomic E-state index is 3.82. The molecule has 0 radical (unpaired) electrons. The maximum absolute atomic E-state index is 3.82. The predicted molar refractivity (Wildman–Crippen MR) is 86.2 cm³/mol. The molecule has 2 aromatic rings. The Balaban J connectivity index is 2.23. The third-order valence-corrected chi connectivity index (χ3v) is 3.27. The van der Waals surface area contributed by atoms with Crippen molar-refractivity contribution in [3.63, 3.8) is 0 Å². The van der Waals surface area contributed by atoms with Gasteiger partial charge in [0.2, 0.25) is 0 Å². The van der Waals surface area contributed by atoms with E-state index in [0.717, 1.165) is 19.6 Å². The molecule has 0 aliphatic heterocycles. The number of nitrogens with zero attached hydrogens (tertiary/aromatic N) is 2. The van der Waals surface area contributed by atoms with E-state index in [4.69, 9.17) is 0 Å². The van der Waals surface area contributed by atoms with Crippen molar-refractivity contribution in [2.24, 2.45) is 0 Å². The minimum Gasteiger partial charge on any atom is -0.320 e. The van der Waals surface area contributed by atoms with Crippen molar-refractivity contribution in [2.75, 3.05) is 13.1 Å². The van der Waals surface area contributed by atoms with E-state index in [1.165, 1.54) is 16.9 Å². The highest BCUT2D eigenvalue weighted by molar-refractivity contribution is 5.38. The van der Waals surface area contributed by atoms with E-state index in [-0.39, 0.29) is 0 Å². The SMILES string of the molecule is C=CCN(CC=C)Cc1cccn1-c1cccc(C)c1. The summed E-state index contributed by atoms with van der Waals surface area (Å²) in [6, 6.07) is 12.8. The summed E-state index contributed by atoms with van der Waals surface area (Å²) in [5, 5.41) is 0. The van der Waals surface area contributed by atoms with Crippen molar-refractivity contribution in [2.45, 2.75) is 13.5 Å². The summed E-state index contributed by atoms with van der Waals surface area (Å²) in [7, 11) is 0. The summed E-state index contributed by atoms with van der Waals surface area (Å²) in [6.45, 7) is 12.4. The minimum absolute atomic E-state index is 0.866. The van der Waals surface area contributed by atoms with Crippen LogP contribution in [0.25, 0.3) is 5.69 Å². The van der Waals surface area contributed by atoms with Crippen LogP contribution in [0.5, 0.6) is 0 Å². The van der Waals surface area contributed by atoms with Crippen LogP contribution in [0, 0.1) is 6.92 Å². The van der Waals surface area contributed by atoms with Crippen molar-refractivity contribution >= 4 is 0 Å². The molecule has 2 rings (SSSR count). The van der Waals surface area contributed by atoms with E-state index in [1.807, 2.05) is 12.2 Å². The molecule has 1 heterocycles. The Hall–Kier alpha value is -2.06. The van der Waals surface area contributed by atoms with E-state index in [1.54, 1.807) is 0 Å². The molecule has 1 aromatic carbocycles.